The van der Waals surface area contributed by atoms with E-state index in [2.05, 4.69) is 35.6 Å². The third-order valence-corrected chi connectivity index (χ3v) is 4.18. The molecule has 0 bridgehead atoms. The lowest BCUT2D eigenvalue weighted by Gasteiger charge is -2.14. The molecule has 1 N–H and O–H groups in total. The zero-order chi connectivity index (χ0) is 14.4. The number of nitrogens with zero attached hydrogens (tertiary/aromatic N) is 1. The van der Waals surface area contributed by atoms with Crippen molar-refractivity contribution in [3.8, 4) is 11.3 Å². The molecule has 2 aromatic heterocycles. The molecule has 0 radical (unpaired) electrons. The summed E-state index contributed by atoms with van der Waals surface area (Å²) in [6.45, 7) is 4.64. The van der Waals surface area contributed by atoms with Gasteiger partial charge in [-0.2, -0.15) is 11.3 Å². The number of nitrogens with one attached hydrogen (secondary N) is 1. The first-order chi connectivity index (χ1) is 9.76. The topological polar surface area (TPSA) is 42.0 Å². The first kappa shape index (κ1) is 14.7. The van der Waals surface area contributed by atoms with Crippen LogP contribution in [0, 0.1) is 5.92 Å². The fourth-order valence-electron chi connectivity index (χ4n) is 2.23. The van der Waals surface area contributed by atoms with Gasteiger partial charge < -0.3 is 5.32 Å². The van der Waals surface area contributed by atoms with Gasteiger partial charge in [0, 0.05) is 29.6 Å². The van der Waals surface area contributed by atoms with Crippen LogP contribution in [-0.2, 0) is 11.3 Å². The third-order valence-electron chi connectivity index (χ3n) is 3.50. The summed E-state index contributed by atoms with van der Waals surface area (Å²) in [6, 6.07) is 5.99. The van der Waals surface area contributed by atoms with Gasteiger partial charge in [-0.25, -0.2) is 0 Å². The molecule has 0 unspecified atom stereocenters. The number of thiophene rings is 1. The van der Waals surface area contributed by atoms with E-state index >= 15 is 0 Å². The van der Waals surface area contributed by atoms with Crippen LogP contribution in [0.4, 0.5) is 0 Å². The van der Waals surface area contributed by atoms with Crippen LogP contribution in [0.2, 0.25) is 0 Å². The van der Waals surface area contributed by atoms with E-state index in [1.54, 1.807) is 17.5 Å². The summed E-state index contributed by atoms with van der Waals surface area (Å²) in [6.07, 6.45) is 3.55. The number of pyridine rings is 1. The molecule has 0 saturated carbocycles. The molecule has 3 nitrogen and oxygen atoms in total. The number of aromatic nitrogens is 1. The molecule has 4 heteroatoms. The first-order valence-electron chi connectivity index (χ1n) is 7.00. The Balaban J connectivity index is 2.09. The molecule has 0 saturated heterocycles. The van der Waals surface area contributed by atoms with Gasteiger partial charge in [-0.05, 0) is 35.9 Å². The third kappa shape index (κ3) is 3.45. The molecule has 106 valence electrons. The molecule has 0 aliphatic carbocycles. The van der Waals surface area contributed by atoms with Crippen LogP contribution in [0.1, 0.15) is 32.3 Å². The van der Waals surface area contributed by atoms with E-state index in [-0.39, 0.29) is 11.8 Å². The highest BCUT2D eigenvalue weighted by Gasteiger charge is 2.14. The molecule has 20 heavy (non-hydrogen) atoms. The molecule has 0 spiro atoms. The number of amides is 1. The second-order valence-corrected chi connectivity index (χ2v) is 5.53. The highest BCUT2D eigenvalue weighted by Crippen LogP contribution is 2.23. The highest BCUT2D eigenvalue weighted by atomic mass is 32.1. The van der Waals surface area contributed by atoms with Crippen LogP contribution in [0.5, 0.6) is 0 Å². The highest BCUT2D eigenvalue weighted by molar-refractivity contribution is 7.08. The predicted molar refractivity (Wildman–Crippen MR) is 83.5 cm³/mol. The lowest BCUT2D eigenvalue weighted by molar-refractivity contribution is -0.125. The summed E-state index contributed by atoms with van der Waals surface area (Å²) in [5.74, 6) is 0.242. The van der Waals surface area contributed by atoms with Crippen molar-refractivity contribution in [1.29, 1.82) is 0 Å². The molecule has 0 aliphatic heterocycles. The van der Waals surface area contributed by atoms with Crippen LogP contribution < -0.4 is 5.32 Å². The van der Waals surface area contributed by atoms with Crippen molar-refractivity contribution in [3.05, 3.63) is 40.7 Å². The van der Waals surface area contributed by atoms with Crippen LogP contribution in [-0.4, -0.2) is 10.9 Å². The summed E-state index contributed by atoms with van der Waals surface area (Å²) in [7, 11) is 0. The maximum absolute atomic E-state index is 12.0. The van der Waals surface area contributed by atoms with E-state index in [0.29, 0.717) is 6.54 Å². The second kappa shape index (κ2) is 7.20. The van der Waals surface area contributed by atoms with Gasteiger partial charge in [0.05, 0.1) is 5.69 Å². The molecule has 0 atom stereocenters. The lowest BCUT2D eigenvalue weighted by Crippen LogP contribution is -2.29. The molecule has 0 aromatic carbocycles. The average molecular weight is 288 g/mol. The minimum Gasteiger partial charge on any atom is -0.352 e. The van der Waals surface area contributed by atoms with Gasteiger partial charge in [0.25, 0.3) is 0 Å². The van der Waals surface area contributed by atoms with Gasteiger partial charge >= 0.3 is 0 Å². The quantitative estimate of drug-likeness (QED) is 0.877. The van der Waals surface area contributed by atoms with Crippen molar-refractivity contribution in [1.82, 2.24) is 10.3 Å². The molecule has 0 fully saturated rings. The fraction of sp³-hybridized carbons (Fsp3) is 0.375. The Labute approximate surface area is 124 Å². The minimum absolute atomic E-state index is 0.108. The summed E-state index contributed by atoms with van der Waals surface area (Å²) in [5, 5.41) is 7.14. The Morgan fingerprint density at radius 3 is 2.80 bits per heavy atom. The molecule has 1 amide bonds. The van der Waals surface area contributed by atoms with Crippen molar-refractivity contribution < 1.29 is 4.79 Å². The SMILES string of the molecule is CCC(CC)C(=O)NCc1cccnc1-c1ccsc1. The Bertz CT molecular complexity index is 547. The van der Waals surface area contributed by atoms with Crippen molar-refractivity contribution in [2.45, 2.75) is 33.2 Å². The van der Waals surface area contributed by atoms with Crippen LogP contribution >= 0.6 is 11.3 Å². The fourth-order valence-corrected chi connectivity index (χ4v) is 2.87. The average Bonchev–Trinajstić information content (AvgIpc) is 3.01. The van der Waals surface area contributed by atoms with Crippen molar-refractivity contribution in [2.75, 3.05) is 0 Å². The second-order valence-electron chi connectivity index (χ2n) is 4.75. The Morgan fingerprint density at radius 1 is 1.35 bits per heavy atom. The zero-order valence-corrected chi connectivity index (χ0v) is 12.7. The predicted octanol–water partition coefficient (Wildman–Crippen LogP) is 3.86. The molecule has 2 heterocycles. The molecule has 0 aliphatic rings. The van der Waals surface area contributed by atoms with Crippen molar-refractivity contribution in [3.63, 3.8) is 0 Å². The number of rotatable bonds is 6. The number of carbonyl (C=O) groups is 1. The van der Waals surface area contributed by atoms with Gasteiger partial charge in [0.2, 0.25) is 5.91 Å². The normalized spacial score (nSPS) is 10.8. The monoisotopic (exact) mass is 288 g/mol. The lowest BCUT2D eigenvalue weighted by atomic mass is 10.0. The van der Waals surface area contributed by atoms with Crippen LogP contribution in [0.3, 0.4) is 0 Å². The zero-order valence-electron chi connectivity index (χ0n) is 11.9. The van der Waals surface area contributed by atoms with E-state index in [0.717, 1.165) is 29.7 Å². The Kier molecular flexibility index (Phi) is 5.30. The van der Waals surface area contributed by atoms with Gasteiger partial charge in [0.1, 0.15) is 0 Å². The summed E-state index contributed by atoms with van der Waals surface area (Å²) in [4.78, 5) is 16.5. The number of carbonyl (C=O) groups excluding carboxylic acids is 1. The molecule has 2 rings (SSSR count). The van der Waals surface area contributed by atoms with E-state index in [1.807, 2.05) is 17.5 Å². The van der Waals surface area contributed by atoms with Gasteiger partial charge in [0.15, 0.2) is 0 Å². The van der Waals surface area contributed by atoms with Crippen molar-refractivity contribution in [2.24, 2.45) is 5.92 Å². The van der Waals surface area contributed by atoms with E-state index in [9.17, 15) is 4.79 Å². The van der Waals surface area contributed by atoms with Crippen LogP contribution in [0.25, 0.3) is 11.3 Å². The smallest absolute Gasteiger partial charge is 0.223 e. The van der Waals surface area contributed by atoms with Gasteiger partial charge in [-0.3, -0.25) is 9.78 Å². The van der Waals surface area contributed by atoms with E-state index in [1.165, 1.54) is 0 Å². The standard InChI is InChI=1S/C16H20N2OS/c1-3-12(4-2)16(19)18-10-13-6-5-8-17-15(13)14-7-9-20-11-14/h5-9,11-12H,3-4,10H2,1-2H3,(H,18,19). The summed E-state index contributed by atoms with van der Waals surface area (Å²) < 4.78 is 0. The van der Waals surface area contributed by atoms with Gasteiger partial charge in [-0.1, -0.05) is 19.9 Å². The van der Waals surface area contributed by atoms with Crippen LogP contribution in [0.15, 0.2) is 35.2 Å². The molecular formula is C16H20N2OS. The number of hydrogen-bond acceptors (Lipinski definition) is 3. The largest absolute Gasteiger partial charge is 0.352 e. The van der Waals surface area contributed by atoms with E-state index < -0.39 is 0 Å². The van der Waals surface area contributed by atoms with E-state index in [4.69, 9.17) is 0 Å². The Morgan fingerprint density at radius 2 is 2.15 bits per heavy atom. The maximum Gasteiger partial charge on any atom is 0.223 e. The summed E-state index contributed by atoms with van der Waals surface area (Å²) in [5.41, 5.74) is 3.13. The van der Waals surface area contributed by atoms with Gasteiger partial charge in [-0.15, -0.1) is 0 Å². The minimum atomic E-state index is 0.108. The Hall–Kier alpha value is -1.68. The summed E-state index contributed by atoms with van der Waals surface area (Å²) >= 11 is 1.65. The molecular weight excluding hydrogens is 268 g/mol. The molecule has 2 aromatic rings. The van der Waals surface area contributed by atoms with Crippen molar-refractivity contribution >= 4 is 17.2 Å². The maximum atomic E-state index is 12.0. The first-order valence-corrected chi connectivity index (χ1v) is 7.94. The number of hydrogen-bond donors (Lipinski definition) is 1.